The third kappa shape index (κ3) is 11.1. The second kappa shape index (κ2) is 9.71. The molecule has 3 nitrogen and oxygen atoms in total. The zero-order valence-corrected chi connectivity index (χ0v) is 9.61. The fourth-order valence-electron chi connectivity index (χ4n) is 1.38. The summed E-state index contributed by atoms with van der Waals surface area (Å²) in [7, 11) is 0. The Kier molecular flexibility index (Phi) is 9.18. The molecule has 88 valence electrons. The van der Waals surface area contributed by atoms with Crippen molar-refractivity contribution in [1.82, 2.24) is 0 Å². The summed E-state index contributed by atoms with van der Waals surface area (Å²) in [5.41, 5.74) is 5.62. The normalized spacial score (nSPS) is 13.2. The van der Waals surface area contributed by atoms with Gasteiger partial charge in [-0.1, -0.05) is 31.9 Å². The SMILES string of the molecule is CCCCC/C=C\CCC(N)CC(=O)O. The van der Waals surface area contributed by atoms with E-state index >= 15 is 0 Å². The summed E-state index contributed by atoms with van der Waals surface area (Å²) in [5, 5.41) is 8.49. The lowest BCUT2D eigenvalue weighted by atomic mass is 10.1. The summed E-state index contributed by atoms with van der Waals surface area (Å²) in [6.45, 7) is 2.19. The standard InChI is InChI=1S/C12H23NO2/c1-2-3-4-5-6-7-8-9-11(13)10-12(14)15/h6-7,11H,2-5,8-10,13H2,1H3,(H,14,15)/b7-6-. The number of hydrogen-bond donors (Lipinski definition) is 2. The largest absolute Gasteiger partial charge is 0.481 e. The van der Waals surface area contributed by atoms with E-state index in [1.165, 1.54) is 19.3 Å². The summed E-state index contributed by atoms with van der Waals surface area (Å²) in [5.74, 6) is -0.811. The second-order valence-corrected chi connectivity index (χ2v) is 3.90. The van der Waals surface area contributed by atoms with E-state index in [4.69, 9.17) is 10.8 Å². The number of hydrogen-bond acceptors (Lipinski definition) is 2. The van der Waals surface area contributed by atoms with E-state index in [-0.39, 0.29) is 12.5 Å². The van der Waals surface area contributed by atoms with Gasteiger partial charge in [0.25, 0.3) is 0 Å². The molecule has 1 atom stereocenters. The average molecular weight is 213 g/mol. The molecule has 0 fully saturated rings. The fraction of sp³-hybridized carbons (Fsp3) is 0.750. The quantitative estimate of drug-likeness (QED) is 0.457. The fourth-order valence-corrected chi connectivity index (χ4v) is 1.38. The van der Waals surface area contributed by atoms with Crippen molar-refractivity contribution in [3.8, 4) is 0 Å². The van der Waals surface area contributed by atoms with Crippen molar-refractivity contribution < 1.29 is 9.90 Å². The van der Waals surface area contributed by atoms with E-state index in [0.29, 0.717) is 0 Å². The van der Waals surface area contributed by atoms with Gasteiger partial charge in [-0.15, -0.1) is 0 Å². The van der Waals surface area contributed by atoms with Crippen molar-refractivity contribution in [2.75, 3.05) is 0 Å². The van der Waals surface area contributed by atoms with Gasteiger partial charge >= 0.3 is 5.97 Å². The van der Waals surface area contributed by atoms with Gasteiger partial charge in [0.15, 0.2) is 0 Å². The van der Waals surface area contributed by atoms with Gasteiger partial charge in [-0.2, -0.15) is 0 Å². The summed E-state index contributed by atoms with van der Waals surface area (Å²) in [6.07, 6.45) is 10.9. The Morgan fingerprint density at radius 3 is 2.60 bits per heavy atom. The molecule has 3 heteroatoms. The monoisotopic (exact) mass is 213 g/mol. The van der Waals surface area contributed by atoms with Gasteiger partial charge in [-0.25, -0.2) is 0 Å². The smallest absolute Gasteiger partial charge is 0.304 e. The molecule has 0 aliphatic carbocycles. The van der Waals surface area contributed by atoms with Crippen molar-refractivity contribution in [3.63, 3.8) is 0 Å². The molecule has 0 bridgehead atoms. The Labute approximate surface area is 92.4 Å². The molecule has 0 heterocycles. The minimum atomic E-state index is -0.811. The predicted octanol–water partition coefficient (Wildman–Crippen LogP) is 2.71. The van der Waals surface area contributed by atoms with Gasteiger partial charge in [0.05, 0.1) is 6.42 Å². The van der Waals surface area contributed by atoms with Crippen molar-refractivity contribution in [2.24, 2.45) is 5.73 Å². The molecular weight excluding hydrogens is 190 g/mol. The molecule has 0 radical (unpaired) electrons. The minimum absolute atomic E-state index is 0.0731. The Morgan fingerprint density at radius 2 is 2.00 bits per heavy atom. The first-order valence-electron chi connectivity index (χ1n) is 5.79. The first-order chi connectivity index (χ1) is 7.16. The summed E-state index contributed by atoms with van der Waals surface area (Å²) in [6, 6.07) is -0.206. The van der Waals surface area contributed by atoms with Gasteiger partial charge in [0.2, 0.25) is 0 Å². The molecule has 0 rings (SSSR count). The van der Waals surface area contributed by atoms with E-state index < -0.39 is 5.97 Å². The number of carboxylic acids is 1. The molecule has 0 aliphatic heterocycles. The maximum atomic E-state index is 10.3. The van der Waals surface area contributed by atoms with Crippen LogP contribution in [0.5, 0.6) is 0 Å². The number of unbranched alkanes of at least 4 members (excludes halogenated alkanes) is 3. The minimum Gasteiger partial charge on any atom is -0.481 e. The Morgan fingerprint density at radius 1 is 1.33 bits per heavy atom. The summed E-state index contributed by atoms with van der Waals surface area (Å²) in [4.78, 5) is 10.3. The highest BCUT2D eigenvalue weighted by atomic mass is 16.4. The summed E-state index contributed by atoms with van der Waals surface area (Å²) >= 11 is 0. The molecule has 3 N–H and O–H groups in total. The van der Waals surface area contributed by atoms with Crippen LogP contribution in [0.1, 0.15) is 51.9 Å². The topological polar surface area (TPSA) is 63.3 Å². The molecule has 0 saturated carbocycles. The lowest BCUT2D eigenvalue weighted by Crippen LogP contribution is -2.23. The van der Waals surface area contributed by atoms with Crippen molar-refractivity contribution in [1.29, 1.82) is 0 Å². The van der Waals surface area contributed by atoms with Crippen LogP contribution in [0, 0.1) is 0 Å². The lowest BCUT2D eigenvalue weighted by molar-refractivity contribution is -0.137. The molecule has 0 aliphatic rings. The molecule has 0 saturated heterocycles. The van der Waals surface area contributed by atoms with Crippen LogP contribution in [-0.2, 0) is 4.79 Å². The van der Waals surface area contributed by atoms with Crippen LogP contribution in [0.2, 0.25) is 0 Å². The van der Waals surface area contributed by atoms with Crippen LogP contribution >= 0.6 is 0 Å². The van der Waals surface area contributed by atoms with Crippen molar-refractivity contribution >= 4 is 5.97 Å². The third-order valence-electron chi connectivity index (χ3n) is 2.28. The zero-order chi connectivity index (χ0) is 11.5. The maximum Gasteiger partial charge on any atom is 0.304 e. The van der Waals surface area contributed by atoms with Crippen LogP contribution in [0.4, 0.5) is 0 Å². The van der Waals surface area contributed by atoms with E-state index in [9.17, 15) is 4.79 Å². The maximum absolute atomic E-state index is 10.3. The molecular formula is C12H23NO2. The van der Waals surface area contributed by atoms with Gasteiger partial charge in [-0.3, -0.25) is 4.79 Å². The lowest BCUT2D eigenvalue weighted by Gasteiger charge is -2.05. The van der Waals surface area contributed by atoms with Crippen molar-refractivity contribution in [3.05, 3.63) is 12.2 Å². The number of carbonyl (C=O) groups is 1. The molecule has 0 aromatic carbocycles. The number of carboxylic acid groups (broad SMARTS) is 1. The highest BCUT2D eigenvalue weighted by Crippen LogP contribution is 2.03. The van der Waals surface area contributed by atoms with E-state index in [1.54, 1.807) is 0 Å². The number of allylic oxidation sites excluding steroid dienone is 2. The molecule has 0 amide bonds. The molecule has 1 unspecified atom stereocenters. The average Bonchev–Trinajstić information content (AvgIpc) is 2.15. The van der Waals surface area contributed by atoms with Crippen LogP contribution in [0.15, 0.2) is 12.2 Å². The van der Waals surface area contributed by atoms with Crippen LogP contribution < -0.4 is 5.73 Å². The van der Waals surface area contributed by atoms with E-state index in [2.05, 4.69) is 19.1 Å². The van der Waals surface area contributed by atoms with Crippen molar-refractivity contribution in [2.45, 2.75) is 57.9 Å². The predicted molar refractivity (Wildman–Crippen MR) is 62.7 cm³/mol. The second-order valence-electron chi connectivity index (χ2n) is 3.90. The molecule has 0 aromatic heterocycles. The van der Waals surface area contributed by atoms with Gasteiger partial charge < -0.3 is 10.8 Å². The molecule has 0 spiro atoms. The Hall–Kier alpha value is -0.830. The molecule has 15 heavy (non-hydrogen) atoms. The van der Waals surface area contributed by atoms with Crippen LogP contribution in [0.3, 0.4) is 0 Å². The molecule has 0 aromatic rings. The van der Waals surface area contributed by atoms with Gasteiger partial charge in [0, 0.05) is 6.04 Å². The number of rotatable bonds is 9. The van der Waals surface area contributed by atoms with E-state index in [1.807, 2.05) is 0 Å². The Balaban J connectivity index is 3.32. The number of aliphatic carboxylic acids is 1. The highest BCUT2D eigenvalue weighted by Gasteiger charge is 2.05. The van der Waals surface area contributed by atoms with E-state index in [0.717, 1.165) is 19.3 Å². The van der Waals surface area contributed by atoms with Crippen LogP contribution in [-0.4, -0.2) is 17.1 Å². The summed E-state index contributed by atoms with van der Waals surface area (Å²) < 4.78 is 0. The zero-order valence-electron chi connectivity index (χ0n) is 9.61. The Bertz CT molecular complexity index is 190. The number of nitrogens with two attached hydrogens (primary N) is 1. The first-order valence-corrected chi connectivity index (χ1v) is 5.79. The van der Waals surface area contributed by atoms with Gasteiger partial charge in [-0.05, 0) is 25.7 Å². The highest BCUT2D eigenvalue weighted by molar-refractivity contribution is 5.67. The first kappa shape index (κ1) is 14.2. The third-order valence-corrected chi connectivity index (χ3v) is 2.28. The van der Waals surface area contributed by atoms with Crippen LogP contribution in [0.25, 0.3) is 0 Å². The van der Waals surface area contributed by atoms with Gasteiger partial charge in [0.1, 0.15) is 0 Å².